The van der Waals surface area contributed by atoms with Gasteiger partial charge in [0.1, 0.15) is 5.58 Å². The lowest BCUT2D eigenvalue weighted by atomic mass is 9.87. The van der Waals surface area contributed by atoms with E-state index in [1.165, 1.54) is 21.0 Å². The van der Waals surface area contributed by atoms with E-state index in [2.05, 4.69) is 79.7 Å². The molecule has 0 bridgehead atoms. The highest BCUT2D eigenvalue weighted by Crippen LogP contribution is 2.40. The van der Waals surface area contributed by atoms with Gasteiger partial charge in [-0.2, -0.15) is 0 Å². The van der Waals surface area contributed by atoms with Crippen LogP contribution in [0.3, 0.4) is 0 Å². The molecule has 0 N–H and O–H groups in total. The van der Waals surface area contributed by atoms with Crippen molar-refractivity contribution in [2.75, 3.05) is 0 Å². The van der Waals surface area contributed by atoms with Crippen molar-refractivity contribution in [3.8, 4) is 11.3 Å². The second-order valence-corrected chi connectivity index (χ2v) is 8.66. The summed E-state index contributed by atoms with van der Waals surface area (Å²) in [6.45, 7) is 6.67. The lowest BCUT2D eigenvalue weighted by molar-refractivity contribution is 0.589. The van der Waals surface area contributed by atoms with E-state index >= 15 is 0 Å². The Balaban J connectivity index is 1.83. The number of pyridine rings is 1. The topological polar surface area (TPSA) is 26.0 Å². The van der Waals surface area contributed by atoms with Gasteiger partial charge in [-0.05, 0) is 52.1 Å². The van der Waals surface area contributed by atoms with E-state index in [0.717, 1.165) is 27.8 Å². The van der Waals surface area contributed by atoms with Crippen molar-refractivity contribution in [2.45, 2.75) is 26.2 Å². The molecule has 0 unspecified atom stereocenters. The maximum Gasteiger partial charge on any atom is 0.153 e. The number of thiophene rings is 1. The van der Waals surface area contributed by atoms with Crippen molar-refractivity contribution < 1.29 is 4.42 Å². The van der Waals surface area contributed by atoms with Gasteiger partial charge in [0.05, 0.1) is 10.4 Å². The van der Waals surface area contributed by atoms with E-state index < -0.39 is 0 Å². The zero-order valence-corrected chi connectivity index (χ0v) is 15.9. The normalized spacial score (nSPS) is 12.4. The summed E-state index contributed by atoms with van der Waals surface area (Å²) in [5.74, 6) is 0. The molecule has 5 rings (SSSR count). The largest absolute Gasteiger partial charge is 0.454 e. The monoisotopic (exact) mass is 357 g/mol. The second kappa shape index (κ2) is 5.42. The summed E-state index contributed by atoms with van der Waals surface area (Å²) in [4.78, 5) is 4.64. The van der Waals surface area contributed by atoms with Crippen LogP contribution in [0.25, 0.3) is 43.3 Å². The zero-order valence-electron chi connectivity index (χ0n) is 15.0. The Kier molecular flexibility index (Phi) is 3.25. The molecule has 0 spiro atoms. The molecule has 0 aliphatic heterocycles. The van der Waals surface area contributed by atoms with Crippen LogP contribution >= 0.6 is 11.3 Å². The van der Waals surface area contributed by atoms with Crippen LogP contribution in [0.2, 0.25) is 0 Å². The quantitative estimate of drug-likeness (QED) is 0.318. The Labute approximate surface area is 156 Å². The molecule has 3 aromatic heterocycles. The van der Waals surface area contributed by atoms with Gasteiger partial charge in [-0.15, -0.1) is 11.3 Å². The van der Waals surface area contributed by atoms with Crippen LogP contribution in [0, 0.1) is 0 Å². The summed E-state index contributed by atoms with van der Waals surface area (Å²) in [6, 6.07) is 17.1. The van der Waals surface area contributed by atoms with Gasteiger partial charge in [0.25, 0.3) is 0 Å². The first kappa shape index (κ1) is 15.6. The van der Waals surface area contributed by atoms with Gasteiger partial charge in [-0.25, -0.2) is 0 Å². The molecular weight excluding hydrogens is 338 g/mol. The van der Waals surface area contributed by atoms with Gasteiger partial charge in [0.15, 0.2) is 5.58 Å². The van der Waals surface area contributed by atoms with Gasteiger partial charge >= 0.3 is 0 Å². The van der Waals surface area contributed by atoms with E-state index in [0.29, 0.717) is 0 Å². The fourth-order valence-electron chi connectivity index (χ4n) is 3.53. The van der Waals surface area contributed by atoms with Crippen LogP contribution < -0.4 is 0 Å². The molecule has 0 radical (unpaired) electrons. The summed E-state index contributed by atoms with van der Waals surface area (Å²) in [5.41, 5.74) is 5.27. The number of rotatable bonds is 1. The van der Waals surface area contributed by atoms with E-state index in [4.69, 9.17) is 4.42 Å². The minimum absolute atomic E-state index is 0.0859. The third-order valence-corrected chi connectivity index (χ3v) is 5.92. The fourth-order valence-corrected chi connectivity index (χ4v) is 4.41. The molecule has 0 saturated carbocycles. The van der Waals surface area contributed by atoms with Crippen LogP contribution in [-0.2, 0) is 5.41 Å². The number of nitrogens with zero attached hydrogens (tertiary/aromatic N) is 1. The summed E-state index contributed by atoms with van der Waals surface area (Å²) < 4.78 is 7.61. The molecule has 2 nitrogen and oxygen atoms in total. The number of hydrogen-bond acceptors (Lipinski definition) is 3. The lowest BCUT2D eigenvalue weighted by Gasteiger charge is -2.19. The van der Waals surface area contributed by atoms with Crippen molar-refractivity contribution in [3.05, 3.63) is 65.7 Å². The Hall–Kier alpha value is -2.65. The predicted octanol–water partition coefficient (Wildman–Crippen LogP) is 7.16. The average molecular weight is 357 g/mol. The molecule has 0 amide bonds. The molecule has 128 valence electrons. The summed E-state index contributed by atoms with van der Waals surface area (Å²) in [7, 11) is 0. The SMILES string of the molecule is CC(C)(C)c1ccnc(-c2cccc3c2oc2c3ccc3ccsc32)c1. The van der Waals surface area contributed by atoms with Crippen molar-refractivity contribution in [2.24, 2.45) is 0 Å². The van der Waals surface area contributed by atoms with Crippen LogP contribution in [0.4, 0.5) is 0 Å². The predicted molar refractivity (Wildman–Crippen MR) is 111 cm³/mol. The van der Waals surface area contributed by atoms with Crippen molar-refractivity contribution in [1.82, 2.24) is 4.98 Å². The van der Waals surface area contributed by atoms with Crippen LogP contribution in [0.5, 0.6) is 0 Å². The Bertz CT molecular complexity index is 1270. The smallest absolute Gasteiger partial charge is 0.153 e. The number of fused-ring (bicyclic) bond motifs is 5. The van der Waals surface area contributed by atoms with Crippen LogP contribution in [-0.4, -0.2) is 4.98 Å². The molecule has 3 heterocycles. The van der Waals surface area contributed by atoms with Gasteiger partial charge in [0.2, 0.25) is 0 Å². The molecule has 3 heteroatoms. The Morgan fingerprint density at radius 1 is 0.923 bits per heavy atom. The molecular formula is C23H19NOS. The second-order valence-electron chi connectivity index (χ2n) is 7.75. The van der Waals surface area contributed by atoms with Crippen LogP contribution in [0.1, 0.15) is 26.3 Å². The minimum atomic E-state index is 0.0859. The molecule has 0 aliphatic carbocycles. The first-order valence-corrected chi connectivity index (χ1v) is 9.69. The van der Waals surface area contributed by atoms with E-state index in [1.54, 1.807) is 11.3 Å². The maximum atomic E-state index is 6.41. The third kappa shape index (κ3) is 2.27. The number of para-hydroxylation sites is 1. The van der Waals surface area contributed by atoms with Gasteiger partial charge in [0, 0.05) is 22.5 Å². The lowest BCUT2D eigenvalue weighted by Crippen LogP contribution is -2.11. The van der Waals surface area contributed by atoms with Crippen molar-refractivity contribution >= 4 is 43.4 Å². The van der Waals surface area contributed by atoms with Crippen molar-refractivity contribution in [1.29, 1.82) is 0 Å². The van der Waals surface area contributed by atoms with Gasteiger partial charge in [-0.3, -0.25) is 4.98 Å². The van der Waals surface area contributed by atoms with Crippen molar-refractivity contribution in [3.63, 3.8) is 0 Å². The summed E-state index contributed by atoms with van der Waals surface area (Å²) >= 11 is 1.73. The summed E-state index contributed by atoms with van der Waals surface area (Å²) in [6.07, 6.45) is 1.90. The van der Waals surface area contributed by atoms with E-state index in [1.807, 2.05) is 6.20 Å². The zero-order chi connectivity index (χ0) is 17.9. The average Bonchev–Trinajstić information content (AvgIpc) is 3.24. The van der Waals surface area contributed by atoms with Crippen LogP contribution in [0.15, 0.2) is 64.5 Å². The molecule has 2 aromatic carbocycles. The minimum Gasteiger partial charge on any atom is -0.454 e. The molecule has 5 aromatic rings. The highest BCUT2D eigenvalue weighted by molar-refractivity contribution is 7.18. The number of hydrogen-bond donors (Lipinski definition) is 0. The Morgan fingerprint density at radius 2 is 1.77 bits per heavy atom. The highest BCUT2D eigenvalue weighted by atomic mass is 32.1. The Morgan fingerprint density at radius 3 is 2.62 bits per heavy atom. The standard InChI is InChI=1S/C23H19NOS/c1-23(2,3)15-9-11-24-19(13-15)18-6-4-5-16-17-8-7-14-10-12-26-22(14)21(17)25-20(16)18/h4-13H,1-3H3. The molecule has 0 saturated heterocycles. The van der Waals surface area contributed by atoms with E-state index in [-0.39, 0.29) is 5.41 Å². The molecule has 0 aliphatic rings. The third-order valence-electron chi connectivity index (χ3n) is 4.99. The number of furan rings is 1. The van der Waals surface area contributed by atoms with Gasteiger partial charge in [-0.1, -0.05) is 39.0 Å². The van der Waals surface area contributed by atoms with E-state index in [9.17, 15) is 0 Å². The molecule has 0 atom stereocenters. The summed E-state index contributed by atoms with van der Waals surface area (Å²) in [5, 5.41) is 5.67. The maximum absolute atomic E-state index is 6.41. The molecule has 0 fully saturated rings. The fraction of sp³-hybridized carbons (Fsp3) is 0.174. The number of aromatic nitrogens is 1. The molecule has 26 heavy (non-hydrogen) atoms. The first-order chi connectivity index (χ1) is 12.5. The first-order valence-electron chi connectivity index (χ1n) is 8.81. The van der Waals surface area contributed by atoms with Gasteiger partial charge < -0.3 is 4.42 Å². The number of benzene rings is 2. The highest BCUT2D eigenvalue weighted by Gasteiger charge is 2.18.